The maximum absolute atomic E-state index is 5.88. The third kappa shape index (κ3) is 2.55. The molecule has 0 aliphatic rings. The Balaban J connectivity index is 2.83. The van der Waals surface area contributed by atoms with Crippen molar-refractivity contribution in [1.29, 1.82) is 0 Å². The van der Waals surface area contributed by atoms with Gasteiger partial charge in [-0.1, -0.05) is 18.2 Å². The summed E-state index contributed by atoms with van der Waals surface area (Å²) >= 11 is 0. The van der Waals surface area contributed by atoms with E-state index >= 15 is 0 Å². The second kappa shape index (κ2) is 3.15. The van der Waals surface area contributed by atoms with E-state index in [1.807, 2.05) is 38.1 Å². The van der Waals surface area contributed by atoms with Gasteiger partial charge in [-0.25, -0.2) is 0 Å². The lowest BCUT2D eigenvalue weighted by Crippen LogP contribution is -2.34. The molecule has 12 heavy (non-hydrogen) atoms. The van der Waals surface area contributed by atoms with Gasteiger partial charge in [0.05, 0.1) is 0 Å². The zero-order valence-corrected chi connectivity index (χ0v) is 7.67. The van der Waals surface area contributed by atoms with Gasteiger partial charge in [0, 0.05) is 11.2 Å². The van der Waals surface area contributed by atoms with E-state index in [1.54, 1.807) is 0 Å². The Hall–Kier alpha value is -1.02. The maximum atomic E-state index is 5.88. The largest absolute Gasteiger partial charge is 0.399 e. The molecule has 1 rings (SSSR count). The lowest BCUT2D eigenvalue weighted by Gasteiger charge is -2.19. The Bertz CT molecular complexity index is 261. The zero-order chi connectivity index (χ0) is 9.19. The van der Waals surface area contributed by atoms with E-state index in [0.717, 1.165) is 17.7 Å². The molecule has 0 amide bonds. The molecule has 0 spiro atoms. The predicted molar refractivity (Wildman–Crippen MR) is 52.8 cm³/mol. The van der Waals surface area contributed by atoms with E-state index in [9.17, 15) is 0 Å². The van der Waals surface area contributed by atoms with Crippen molar-refractivity contribution in [3.05, 3.63) is 29.8 Å². The molecule has 2 nitrogen and oxygen atoms in total. The van der Waals surface area contributed by atoms with Crippen LogP contribution in [0.2, 0.25) is 0 Å². The van der Waals surface area contributed by atoms with Crippen molar-refractivity contribution in [3.63, 3.8) is 0 Å². The van der Waals surface area contributed by atoms with Crippen LogP contribution in [0.25, 0.3) is 0 Å². The molecule has 0 radical (unpaired) electrons. The summed E-state index contributed by atoms with van der Waals surface area (Å²) in [5.74, 6) is 0. The number of para-hydroxylation sites is 1. The van der Waals surface area contributed by atoms with E-state index in [-0.39, 0.29) is 5.54 Å². The molecule has 1 aromatic carbocycles. The molecule has 66 valence electrons. The molecule has 0 heterocycles. The minimum atomic E-state index is -0.185. The Kier molecular flexibility index (Phi) is 2.38. The van der Waals surface area contributed by atoms with Crippen molar-refractivity contribution in [2.45, 2.75) is 25.8 Å². The molecule has 1 aromatic rings. The van der Waals surface area contributed by atoms with Crippen LogP contribution in [0.1, 0.15) is 19.4 Å². The summed E-state index contributed by atoms with van der Waals surface area (Å²) in [7, 11) is 0. The van der Waals surface area contributed by atoms with Crippen LogP contribution in [0.4, 0.5) is 5.69 Å². The first kappa shape index (κ1) is 9.07. The minimum absolute atomic E-state index is 0.185. The number of hydrogen-bond acceptors (Lipinski definition) is 2. The second-order valence-electron chi connectivity index (χ2n) is 3.86. The maximum Gasteiger partial charge on any atom is 0.0347 e. The average molecular weight is 164 g/mol. The number of benzene rings is 1. The number of nitrogens with two attached hydrogens (primary N) is 2. The van der Waals surface area contributed by atoms with Gasteiger partial charge in [0.15, 0.2) is 0 Å². The summed E-state index contributed by atoms with van der Waals surface area (Å²) in [5.41, 5.74) is 13.4. The molecule has 0 atom stereocenters. The van der Waals surface area contributed by atoms with E-state index < -0.39 is 0 Å². The lowest BCUT2D eigenvalue weighted by atomic mass is 9.95. The average Bonchev–Trinajstić information content (AvgIpc) is 1.91. The van der Waals surface area contributed by atoms with E-state index in [2.05, 4.69) is 0 Å². The van der Waals surface area contributed by atoms with E-state index in [0.29, 0.717) is 0 Å². The van der Waals surface area contributed by atoms with Crippen molar-refractivity contribution in [3.8, 4) is 0 Å². The highest BCUT2D eigenvalue weighted by atomic mass is 14.7. The van der Waals surface area contributed by atoms with Crippen LogP contribution in [-0.4, -0.2) is 5.54 Å². The number of hydrogen-bond donors (Lipinski definition) is 2. The fourth-order valence-corrected chi connectivity index (χ4v) is 1.19. The highest BCUT2D eigenvalue weighted by Crippen LogP contribution is 2.16. The third-order valence-corrected chi connectivity index (χ3v) is 1.70. The normalized spacial score (nSPS) is 11.6. The molecule has 0 saturated carbocycles. The number of nitrogen functional groups attached to an aromatic ring is 1. The molecule has 0 aromatic heterocycles. The van der Waals surface area contributed by atoms with Crippen LogP contribution >= 0.6 is 0 Å². The summed E-state index contributed by atoms with van der Waals surface area (Å²) in [5, 5.41) is 0. The van der Waals surface area contributed by atoms with Gasteiger partial charge in [-0.15, -0.1) is 0 Å². The summed E-state index contributed by atoms with van der Waals surface area (Å²) in [6.07, 6.45) is 0.819. The summed E-state index contributed by atoms with van der Waals surface area (Å²) in [4.78, 5) is 0. The molecule has 2 heteroatoms. The predicted octanol–water partition coefficient (Wildman–Crippen LogP) is 1.55. The Morgan fingerprint density at radius 1 is 1.25 bits per heavy atom. The van der Waals surface area contributed by atoms with Gasteiger partial charge < -0.3 is 11.5 Å². The third-order valence-electron chi connectivity index (χ3n) is 1.70. The molecular weight excluding hydrogens is 148 g/mol. The minimum Gasteiger partial charge on any atom is -0.399 e. The van der Waals surface area contributed by atoms with Crippen LogP contribution in [-0.2, 0) is 6.42 Å². The molecular formula is C10H16N2. The topological polar surface area (TPSA) is 52.0 Å². The molecule has 0 aliphatic heterocycles. The number of anilines is 1. The molecule has 0 fully saturated rings. The highest BCUT2D eigenvalue weighted by Gasteiger charge is 2.12. The van der Waals surface area contributed by atoms with Crippen LogP contribution < -0.4 is 11.5 Å². The van der Waals surface area contributed by atoms with E-state index in [4.69, 9.17) is 11.5 Å². The van der Waals surface area contributed by atoms with E-state index in [1.165, 1.54) is 0 Å². The number of rotatable bonds is 2. The van der Waals surface area contributed by atoms with Crippen molar-refractivity contribution >= 4 is 5.69 Å². The van der Waals surface area contributed by atoms with Crippen molar-refractivity contribution in [2.75, 3.05) is 5.73 Å². The van der Waals surface area contributed by atoms with Crippen molar-refractivity contribution in [2.24, 2.45) is 5.73 Å². The summed E-state index contributed by atoms with van der Waals surface area (Å²) in [6.45, 7) is 4.00. The summed E-state index contributed by atoms with van der Waals surface area (Å²) in [6, 6.07) is 7.84. The second-order valence-corrected chi connectivity index (χ2v) is 3.86. The fraction of sp³-hybridized carbons (Fsp3) is 0.400. The van der Waals surface area contributed by atoms with Gasteiger partial charge in [0.2, 0.25) is 0 Å². The van der Waals surface area contributed by atoms with Crippen molar-refractivity contribution in [1.82, 2.24) is 0 Å². The van der Waals surface area contributed by atoms with Gasteiger partial charge in [0.1, 0.15) is 0 Å². The quantitative estimate of drug-likeness (QED) is 0.651. The smallest absolute Gasteiger partial charge is 0.0347 e. The van der Waals surface area contributed by atoms with Gasteiger partial charge in [-0.3, -0.25) is 0 Å². The first-order valence-corrected chi connectivity index (χ1v) is 4.11. The van der Waals surface area contributed by atoms with Gasteiger partial charge in [-0.2, -0.15) is 0 Å². The van der Waals surface area contributed by atoms with Crippen LogP contribution in [0.5, 0.6) is 0 Å². The van der Waals surface area contributed by atoms with Crippen LogP contribution in [0.15, 0.2) is 24.3 Å². The molecule has 0 aliphatic carbocycles. The first-order valence-electron chi connectivity index (χ1n) is 4.11. The standard InChI is InChI=1S/C10H16N2/c1-10(2,12)7-8-5-3-4-6-9(8)11/h3-6H,7,11-12H2,1-2H3. The lowest BCUT2D eigenvalue weighted by molar-refractivity contribution is 0.517. The fourth-order valence-electron chi connectivity index (χ4n) is 1.19. The Labute approximate surface area is 73.6 Å². The SMILES string of the molecule is CC(C)(N)Cc1ccccc1N. The Morgan fingerprint density at radius 2 is 1.83 bits per heavy atom. The van der Waals surface area contributed by atoms with Gasteiger partial charge >= 0.3 is 0 Å². The molecule has 0 saturated heterocycles. The van der Waals surface area contributed by atoms with Gasteiger partial charge in [-0.05, 0) is 31.9 Å². The molecule has 0 unspecified atom stereocenters. The highest BCUT2D eigenvalue weighted by molar-refractivity contribution is 5.46. The Morgan fingerprint density at radius 3 is 2.33 bits per heavy atom. The zero-order valence-electron chi connectivity index (χ0n) is 7.67. The summed E-state index contributed by atoms with van der Waals surface area (Å²) < 4.78 is 0. The van der Waals surface area contributed by atoms with Crippen molar-refractivity contribution < 1.29 is 0 Å². The molecule has 4 N–H and O–H groups in total. The molecule has 0 bridgehead atoms. The first-order chi connectivity index (χ1) is 5.49. The van der Waals surface area contributed by atoms with Crippen LogP contribution in [0, 0.1) is 0 Å². The van der Waals surface area contributed by atoms with Gasteiger partial charge in [0.25, 0.3) is 0 Å². The monoisotopic (exact) mass is 164 g/mol. The van der Waals surface area contributed by atoms with Crippen LogP contribution in [0.3, 0.4) is 0 Å².